The Morgan fingerprint density at radius 3 is 2.62 bits per heavy atom. The molecule has 2 aliphatic rings. The molecule has 1 saturated carbocycles. The van der Waals surface area contributed by atoms with E-state index >= 15 is 0 Å². The largest absolute Gasteiger partial charge is 0.374 e. The van der Waals surface area contributed by atoms with E-state index in [9.17, 15) is 0 Å². The molecular formula is C12H20O. The van der Waals surface area contributed by atoms with E-state index in [1.807, 2.05) is 7.11 Å². The van der Waals surface area contributed by atoms with Crippen LogP contribution in [0.4, 0.5) is 0 Å². The molecule has 0 bridgehead atoms. The van der Waals surface area contributed by atoms with Gasteiger partial charge in [0.15, 0.2) is 0 Å². The molecule has 1 nitrogen and oxygen atoms in total. The molecule has 2 atom stereocenters. The summed E-state index contributed by atoms with van der Waals surface area (Å²) in [5.41, 5.74) is 0.484. The molecular weight excluding hydrogens is 160 g/mol. The summed E-state index contributed by atoms with van der Waals surface area (Å²) >= 11 is 0. The Kier molecular flexibility index (Phi) is 2.23. The van der Waals surface area contributed by atoms with Gasteiger partial charge in [0.2, 0.25) is 0 Å². The highest BCUT2D eigenvalue weighted by Gasteiger charge is 2.48. The lowest BCUT2D eigenvalue weighted by Gasteiger charge is -2.51. The molecule has 0 unspecified atom stereocenters. The Labute approximate surface area is 81.2 Å². The van der Waals surface area contributed by atoms with Crippen LogP contribution in [0.15, 0.2) is 12.2 Å². The van der Waals surface area contributed by atoms with Crippen molar-refractivity contribution in [2.24, 2.45) is 5.41 Å². The number of methoxy groups -OCH3 is 1. The van der Waals surface area contributed by atoms with Gasteiger partial charge in [0.05, 0.1) is 5.60 Å². The van der Waals surface area contributed by atoms with Crippen LogP contribution in [0.2, 0.25) is 0 Å². The summed E-state index contributed by atoms with van der Waals surface area (Å²) in [7, 11) is 1.87. The molecule has 0 N–H and O–H groups in total. The summed E-state index contributed by atoms with van der Waals surface area (Å²) < 4.78 is 5.80. The zero-order valence-electron chi connectivity index (χ0n) is 8.81. The van der Waals surface area contributed by atoms with Crippen LogP contribution in [0.25, 0.3) is 0 Å². The van der Waals surface area contributed by atoms with Gasteiger partial charge in [-0.15, -0.1) is 0 Å². The average Bonchev–Trinajstić information content (AvgIpc) is 2.17. The number of hydrogen-bond acceptors (Lipinski definition) is 1. The lowest BCUT2D eigenvalue weighted by Crippen LogP contribution is -2.50. The second-order valence-corrected chi connectivity index (χ2v) is 4.80. The zero-order chi connectivity index (χ0) is 9.36. The van der Waals surface area contributed by atoms with E-state index in [0.29, 0.717) is 5.41 Å². The first-order valence-corrected chi connectivity index (χ1v) is 5.45. The second-order valence-electron chi connectivity index (χ2n) is 4.80. The van der Waals surface area contributed by atoms with Gasteiger partial charge in [-0.2, -0.15) is 0 Å². The molecule has 0 radical (unpaired) electrons. The highest BCUT2D eigenvalue weighted by molar-refractivity contribution is 5.16. The smallest absolute Gasteiger partial charge is 0.0912 e. The van der Waals surface area contributed by atoms with Gasteiger partial charge in [0, 0.05) is 12.5 Å². The fourth-order valence-corrected chi connectivity index (χ4v) is 3.13. The van der Waals surface area contributed by atoms with Crippen LogP contribution in [0.3, 0.4) is 0 Å². The van der Waals surface area contributed by atoms with E-state index in [2.05, 4.69) is 19.1 Å². The van der Waals surface area contributed by atoms with Crippen LogP contribution >= 0.6 is 0 Å². The number of fused-ring (bicyclic) bond motifs is 1. The summed E-state index contributed by atoms with van der Waals surface area (Å²) in [6.07, 6.45) is 12.4. The summed E-state index contributed by atoms with van der Waals surface area (Å²) in [6, 6.07) is 0. The third kappa shape index (κ3) is 1.25. The standard InChI is InChI=1S/C12H20O/c1-11-7-3-5-9-12(11,13-2)10-6-4-8-11/h5,9H,3-4,6-8,10H2,1-2H3/t11-,12-/m0/s1. The van der Waals surface area contributed by atoms with Crippen LogP contribution < -0.4 is 0 Å². The molecule has 0 saturated heterocycles. The molecule has 1 heteroatoms. The Bertz CT molecular complexity index is 221. The molecule has 0 aromatic heterocycles. The Hall–Kier alpha value is -0.300. The minimum absolute atomic E-state index is 0.0729. The van der Waals surface area contributed by atoms with Gasteiger partial charge >= 0.3 is 0 Å². The van der Waals surface area contributed by atoms with Crippen LogP contribution in [0.5, 0.6) is 0 Å². The molecule has 2 rings (SSSR count). The van der Waals surface area contributed by atoms with Gasteiger partial charge in [-0.1, -0.05) is 31.9 Å². The second kappa shape index (κ2) is 3.13. The lowest BCUT2D eigenvalue weighted by atomic mass is 9.60. The van der Waals surface area contributed by atoms with Crippen LogP contribution in [0.1, 0.15) is 45.4 Å². The molecule has 0 aromatic carbocycles. The van der Waals surface area contributed by atoms with Gasteiger partial charge in [0.25, 0.3) is 0 Å². The minimum Gasteiger partial charge on any atom is -0.374 e. The molecule has 0 aliphatic heterocycles. The lowest BCUT2D eigenvalue weighted by molar-refractivity contribution is -0.105. The third-order valence-corrected chi connectivity index (χ3v) is 4.16. The van der Waals surface area contributed by atoms with Gasteiger partial charge in [-0.3, -0.25) is 0 Å². The average molecular weight is 180 g/mol. The number of allylic oxidation sites excluding steroid dienone is 1. The predicted octanol–water partition coefficient (Wildman–Crippen LogP) is 3.30. The van der Waals surface area contributed by atoms with Crippen molar-refractivity contribution >= 4 is 0 Å². The highest BCUT2D eigenvalue weighted by Crippen LogP contribution is 2.52. The van der Waals surface area contributed by atoms with Crippen LogP contribution in [-0.2, 0) is 4.74 Å². The first-order valence-electron chi connectivity index (χ1n) is 5.45. The van der Waals surface area contributed by atoms with E-state index in [1.165, 1.54) is 38.5 Å². The van der Waals surface area contributed by atoms with Crippen molar-refractivity contribution < 1.29 is 4.74 Å². The molecule has 1 fully saturated rings. The van der Waals surface area contributed by atoms with Crippen LogP contribution in [-0.4, -0.2) is 12.7 Å². The zero-order valence-corrected chi connectivity index (χ0v) is 8.81. The summed E-state index contributed by atoms with van der Waals surface area (Å²) in [5.74, 6) is 0. The fourth-order valence-electron chi connectivity index (χ4n) is 3.13. The van der Waals surface area contributed by atoms with Crippen molar-refractivity contribution in [1.29, 1.82) is 0 Å². The molecule has 13 heavy (non-hydrogen) atoms. The summed E-state index contributed by atoms with van der Waals surface area (Å²) in [4.78, 5) is 0. The molecule has 0 heterocycles. The fraction of sp³-hybridized carbons (Fsp3) is 0.833. The van der Waals surface area contributed by atoms with Crippen molar-refractivity contribution in [2.75, 3.05) is 7.11 Å². The quantitative estimate of drug-likeness (QED) is 0.563. The number of hydrogen-bond donors (Lipinski definition) is 0. The molecule has 74 valence electrons. The molecule has 0 aromatic rings. The SMILES string of the molecule is CO[C@]12C=CCC[C@@]1(C)CCCC2. The van der Waals surface area contributed by atoms with Crippen molar-refractivity contribution in [1.82, 2.24) is 0 Å². The molecule has 2 aliphatic carbocycles. The van der Waals surface area contributed by atoms with Crippen molar-refractivity contribution in [3.8, 4) is 0 Å². The molecule has 0 amide bonds. The van der Waals surface area contributed by atoms with E-state index < -0.39 is 0 Å². The van der Waals surface area contributed by atoms with Crippen molar-refractivity contribution in [3.05, 3.63) is 12.2 Å². The number of rotatable bonds is 1. The maximum Gasteiger partial charge on any atom is 0.0912 e. The maximum absolute atomic E-state index is 5.80. The summed E-state index contributed by atoms with van der Waals surface area (Å²) in [6.45, 7) is 2.40. The number of ether oxygens (including phenoxy) is 1. The predicted molar refractivity (Wildman–Crippen MR) is 54.7 cm³/mol. The molecule has 0 spiro atoms. The normalized spacial score (nSPS) is 44.5. The van der Waals surface area contributed by atoms with Crippen molar-refractivity contribution in [3.63, 3.8) is 0 Å². The first-order chi connectivity index (χ1) is 6.22. The van der Waals surface area contributed by atoms with Crippen molar-refractivity contribution in [2.45, 2.75) is 51.0 Å². The highest BCUT2D eigenvalue weighted by atomic mass is 16.5. The Morgan fingerprint density at radius 1 is 1.15 bits per heavy atom. The van der Waals surface area contributed by atoms with E-state index in [1.54, 1.807) is 0 Å². The van der Waals surface area contributed by atoms with Gasteiger partial charge in [-0.05, 0) is 25.7 Å². The van der Waals surface area contributed by atoms with Gasteiger partial charge in [-0.25, -0.2) is 0 Å². The first kappa shape index (κ1) is 9.26. The van der Waals surface area contributed by atoms with Crippen LogP contribution in [0, 0.1) is 5.41 Å². The van der Waals surface area contributed by atoms with Gasteiger partial charge in [0.1, 0.15) is 0 Å². The maximum atomic E-state index is 5.80. The van der Waals surface area contributed by atoms with E-state index in [-0.39, 0.29) is 5.60 Å². The van der Waals surface area contributed by atoms with E-state index in [4.69, 9.17) is 4.74 Å². The van der Waals surface area contributed by atoms with Gasteiger partial charge < -0.3 is 4.74 Å². The summed E-state index contributed by atoms with van der Waals surface area (Å²) in [5, 5.41) is 0. The Morgan fingerprint density at radius 2 is 1.92 bits per heavy atom. The minimum atomic E-state index is 0.0729. The third-order valence-electron chi connectivity index (χ3n) is 4.16. The monoisotopic (exact) mass is 180 g/mol. The Balaban J connectivity index is 2.33. The topological polar surface area (TPSA) is 9.23 Å². The van der Waals surface area contributed by atoms with E-state index in [0.717, 1.165) is 0 Å².